The molecule has 1 aromatic heterocycles. The summed E-state index contributed by atoms with van der Waals surface area (Å²) >= 11 is 0. The Morgan fingerprint density at radius 2 is 1.79 bits per heavy atom. The molecule has 0 aliphatic carbocycles. The molecule has 0 spiro atoms. The van der Waals surface area contributed by atoms with Gasteiger partial charge in [0.25, 0.3) is 5.91 Å². The van der Waals surface area contributed by atoms with Crippen LogP contribution in [-0.2, 0) is 30.3 Å². The molecule has 33 heavy (non-hydrogen) atoms. The van der Waals surface area contributed by atoms with Crippen LogP contribution in [0.2, 0.25) is 0 Å². The molecule has 9 heteroatoms. The first-order valence-electron chi connectivity index (χ1n) is 10.4. The van der Waals surface area contributed by atoms with Gasteiger partial charge in [-0.25, -0.2) is 13.2 Å². The van der Waals surface area contributed by atoms with Crippen molar-refractivity contribution in [2.24, 2.45) is 7.05 Å². The highest BCUT2D eigenvalue weighted by molar-refractivity contribution is 6.08. The van der Waals surface area contributed by atoms with Crippen LogP contribution in [-0.4, -0.2) is 21.6 Å². The van der Waals surface area contributed by atoms with Gasteiger partial charge in [-0.3, -0.25) is 14.3 Å². The first-order valence-corrected chi connectivity index (χ1v) is 10.4. The van der Waals surface area contributed by atoms with E-state index in [0.717, 1.165) is 16.8 Å². The normalized spacial score (nSPS) is 14.5. The second-order valence-corrected chi connectivity index (χ2v) is 8.69. The standard InChI is InChI=1S/C24H23F3N4O2/c1-13-15(11-30(4)29-13)12-31-21-7-14(5-6-18(21)24(2,3)23(31)33)22(32)28-10-17-19(26)8-16(25)9-20(17)27/h5-9,11H,10,12H2,1-4H3,(H,28,32). The van der Waals surface area contributed by atoms with E-state index in [0.29, 0.717) is 24.4 Å². The number of anilines is 1. The minimum atomic E-state index is -1.08. The van der Waals surface area contributed by atoms with Gasteiger partial charge in [0.15, 0.2) is 0 Å². The van der Waals surface area contributed by atoms with E-state index in [1.807, 2.05) is 27.0 Å². The molecule has 6 nitrogen and oxygen atoms in total. The number of hydrogen-bond acceptors (Lipinski definition) is 3. The topological polar surface area (TPSA) is 67.2 Å². The molecule has 0 bridgehead atoms. The van der Waals surface area contributed by atoms with Crippen molar-refractivity contribution in [3.8, 4) is 0 Å². The third-order valence-electron chi connectivity index (χ3n) is 5.98. The van der Waals surface area contributed by atoms with E-state index < -0.39 is 40.9 Å². The Bertz CT molecular complexity index is 1260. The Labute approximate surface area is 189 Å². The summed E-state index contributed by atoms with van der Waals surface area (Å²) in [5.41, 5.74) is 2.08. The van der Waals surface area contributed by atoms with Gasteiger partial charge in [-0.1, -0.05) is 6.07 Å². The molecular weight excluding hydrogens is 433 g/mol. The molecule has 2 heterocycles. The molecule has 0 saturated carbocycles. The van der Waals surface area contributed by atoms with E-state index >= 15 is 0 Å². The molecule has 4 rings (SSSR count). The Kier molecular flexibility index (Phi) is 5.51. The molecule has 0 radical (unpaired) electrons. The lowest BCUT2D eigenvalue weighted by Gasteiger charge is -2.20. The second kappa shape index (κ2) is 8.06. The van der Waals surface area contributed by atoms with Crippen LogP contribution in [0.25, 0.3) is 0 Å². The number of amides is 2. The van der Waals surface area contributed by atoms with Crippen molar-refractivity contribution in [3.63, 3.8) is 0 Å². The summed E-state index contributed by atoms with van der Waals surface area (Å²) in [6.45, 7) is 5.36. The predicted octanol–water partition coefficient (Wildman–Crippen LogP) is 3.90. The van der Waals surface area contributed by atoms with Crippen LogP contribution in [0.3, 0.4) is 0 Å². The number of carbonyl (C=O) groups excluding carboxylic acids is 2. The molecule has 0 saturated heterocycles. The highest BCUT2D eigenvalue weighted by atomic mass is 19.1. The van der Waals surface area contributed by atoms with Crippen molar-refractivity contribution in [1.82, 2.24) is 15.1 Å². The maximum absolute atomic E-state index is 13.9. The molecule has 1 N–H and O–H groups in total. The van der Waals surface area contributed by atoms with Crippen molar-refractivity contribution >= 4 is 17.5 Å². The summed E-state index contributed by atoms with van der Waals surface area (Å²) in [5.74, 6) is -3.86. The summed E-state index contributed by atoms with van der Waals surface area (Å²) < 4.78 is 42.5. The van der Waals surface area contributed by atoms with Gasteiger partial charge < -0.3 is 10.2 Å². The third kappa shape index (κ3) is 3.99. The molecule has 3 aromatic rings. The van der Waals surface area contributed by atoms with Crippen LogP contribution in [0.1, 0.15) is 46.6 Å². The highest BCUT2D eigenvalue weighted by Gasteiger charge is 2.44. The minimum absolute atomic E-state index is 0.103. The van der Waals surface area contributed by atoms with Gasteiger partial charge in [0, 0.05) is 54.3 Å². The highest BCUT2D eigenvalue weighted by Crippen LogP contribution is 2.42. The number of benzene rings is 2. The number of aryl methyl sites for hydroxylation is 2. The number of halogens is 3. The lowest BCUT2D eigenvalue weighted by molar-refractivity contribution is -0.122. The number of fused-ring (bicyclic) bond motifs is 1. The van der Waals surface area contributed by atoms with Gasteiger partial charge in [0.2, 0.25) is 5.91 Å². The Hall–Kier alpha value is -3.62. The molecular formula is C24H23F3N4O2. The zero-order chi connectivity index (χ0) is 24.1. The maximum atomic E-state index is 13.9. The summed E-state index contributed by atoms with van der Waals surface area (Å²) in [7, 11) is 1.80. The van der Waals surface area contributed by atoms with Crippen molar-refractivity contribution in [2.75, 3.05) is 4.90 Å². The Morgan fingerprint density at radius 1 is 1.12 bits per heavy atom. The fraction of sp³-hybridized carbons (Fsp3) is 0.292. The molecule has 0 unspecified atom stereocenters. The third-order valence-corrected chi connectivity index (χ3v) is 5.98. The van der Waals surface area contributed by atoms with E-state index in [1.54, 1.807) is 34.8 Å². The van der Waals surface area contributed by atoms with Crippen molar-refractivity contribution in [3.05, 3.63) is 81.9 Å². The van der Waals surface area contributed by atoms with Crippen LogP contribution in [0, 0.1) is 24.4 Å². The number of carbonyl (C=O) groups is 2. The van der Waals surface area contributed by atoms with Gasteiger partial charge in [0.05, 0.1) is 17.7 Å². The van der Waals surface area contributed by atoms with Crippen LogP contribution in [0.5, 0.6) is 0 Å². The van der Waals surface area contributed by atoms with Gasteiger partial charge in [-0.15, -0.1) is 0 Å². The number of aromatic nitrogens is 2. The maximum Gasteiger partial charge on any atom is 0.251 e. The van der Waals surface area contributed by atoms with Crippen molar-refractivity contribution in [1.29, 1.82) is 0 Å². The number of hydrogen-bond donors (Lipinski definition) is 1. The largest absolute Gasteiger partial charge is 0.348 e. The average Bonchev–Trinajstić information content (AvgIpc) is 3.15. The summed E-state index contributed by atoms with van der Waals surface area (Å²) in [6, 6.07) is 6.01. The van der Waals surface area contributed by atoms with Crippen LogP contribution in [0.15, 0.2) is 36.5 Å². The molecule has 2 amide bonds. The van der Waals surface area contributed by atoms with Crippen molar-refractivity contribution < 1.29 is 22.8 Å². The summed E-state index contributed by atoms with van der Waals surface area (Å²) in [6.07, 6.45) is 1.84. The van der Waals surface area contributed by atoms with Crippen LogP contribution in [0.4, 0.5) is 18.9 Å². The van der Waals surface area contributed by atoms with E-state index in [4.69, 9.17) is 0 Å². The zero-order valence-electron chi connectivity index (χ0n) is 18.7. The van der Waals surface area contributed by atoms with E-state index in [1.165, 1.54) is 0 Å². The monoisotopic (exact) mass is 456 g/mol. The average molecular weight is 456 g/mol. The predicted molar refractivity (Wildman–Crippen MR) is 116 cm³/mol. The molecule has 2 aromatic carbocycles. The van der Waals surface area contributed by atoms with E-state index in [9.17, 15) is 22.8 Å². The lowest BCUT2D eigenvalue weighted by atomic mass is 9.86. The number of nitrogens with one attached hydrogen (secondary N) is 1. The fourth-order valence-electron chi connectivity index (χ4n) is 4.13. The molecule has 1 aliphatic heterocycles. The molecule has 172 valence electrons. The first kappa shape index (κ1) is 22.6. The fourth-order valence-corrected chi connectivity index (χ4v) is 4.13. The summed E-state index contributed by atoms with van der Waals surface area (Å²) in [5, 5.41) is 6.78. The van der Waals surface area contributed by atoms with Gasteiger partial charge >= 0.3 is 0 Å². The van der Waals surface area contributed by atoms with Crippen LogP contribution < -0.4 is 10.2 Å². The molecule has 1 aliphatic rings. The Balaban J connectivity index is 1.61. The Morgan fingerprint density at radius 3 is 2.39 bits per heavy atom. The quantitative estimate of drug-likeness (QED) is 0.633. The first-order chi connectivity index (χ1) is 15.5. The zero-order valence-corrected chi connectivity index (χ0v) is 18.7. The van der Waals surface area contributed by atoms with Gasteiger partial charge in [-0.2, -0.15) is 5.10 Å². The number of nitrogens with zero attached hydrogens (tertiary/aromatic N) is 3. The van der Waals surface area contributed by atoms with Crippen molar-refractivity contribution in [2.45, 2.75) is 39.3 Å². The minimum Gasteiger partial charge on any atom is -0.348 e. The lowest BCUT2D eigenvalue weighted by Crippen LogP contribution is -2.35. The van der Waals surface area contributed by atoms with E-state index in [2.05, 4.69) is 10.4 Å². The number of rotatable bonds is 5. The SMILES string of the molecule is Cc1nn(C)cc1CN1C(=O)C(C)(C)c2ccc(C(=O)NCc3c(F)cc(F)cc3F)cc21. The second-order valence-electron chi connectivity index (χ2n) is 8.69. The smallest absolute Gasteiger partial charge is 0.251 e. The van der Waals surface area contributed by atoms with E-state index in [-0.39, 0.29) is 11.5 Å². The van der Waals surface area contributed by atoms with Crippen LogP contribution >= 0.6 is 0 Å². The van der Waals surface area contributed by atoms with Gasteiger partial charge in [-0.05, 0) is 38.5 Å². The summed E-state index contributed by atoms with van der Waals surface area (Å²) in [4.78, 5) is 27.5. The molecule has 0 fully saturated rings. The molecule has 0 atom stereocenters. The van der Waals surface area contributed by atoms with Gasteiger partial charge in [0.1, 0.15) is 17.5 Å².